The first kappa shape index (κ1) is 25.4. The minimum Gasteiger partial charge on any atom is -0.488 e. The van der Waals surface area contributed by atoms with E-state index in [1.165, 1.54) is 19.4 Å². The number of fused-ring (bicyclic) bond motifs is 1. The molecule has 0 aliphatic carbocycles. The first-order valence-electron chi connectivity index (χ1n) is 11.8. The molecule has 1 atom stereocenters. The maximum Gasteiger partial charge on any atom is 0.350 e. The number of likely N-dealkylation sites (N-methyl/N-ethyl adjacent to an activating group) is 1. The van der Waals surface area contributed by atoms with Gasteiger partial charge in [0, 0.05) is 31.6 Å². The van der Waals surface area contributed by atoms with Gasteiger partial charge in [-0.1, -0.05) is 0 Å². The van der Waals surface area contributed by atoms with E-state index < -0.39 is 17.4 Å². The zero-order valence-electron chi connectivity index (χ0n) is 21.2. The Morgan fingerprint density at radius 3 is 2.72 bits per heavy atom. The van der Waals surface area contributed by atoms with Gasteiger partial charge in [0.25, 0.3) is 5.91 Å². The fourth-order valence-electron chi connectivity index (χ4n) is 4.27. The molecule has 36 heavy (non-hydrogen) atoms. The van der Waals surface area contributed by atoms with E-state index in [0.29, 0.717) is 36.9 Å². The molecule has 0 fully saturated rings. The number of hydrogen-bond donors (Lipinski definition) is 1. The van der Waals surface area contributed by atoms with E-state index in [1.807, 2.05) is 25.9 Å². The van der Waals surface area contributed by atoms with E-state index in [9.17, 15) is 9.59 Å². The quantitative estimate of drug-likeness (QED) is 0.509. The Bertz CT molecular complexity index is 1330. The van der Waals surface area contributed by atoms with Crippen molar-refractivity contribution < 1.29 is 18.7 Å². The molecule has 0 spiro atoms. The highest BCUT2D eigenvalue weighted by atomic mass is 19.1. The van der Waals surface area contributed by atoms with E-state index in [0.717, 1.165) is 29.2 Å². The summed E-state index contributed by atoms with van der Waals surface area (Å²) in [6, 6.07) is 4.14. The van der Waals surface area contributed by atoms with Crippen LogP contribution in [0.1, 0.15) is 41.5 Å². The molecular formula is C25H31FN6O4. The molecule has 3 aromatic rings. The van der Waals surface area contributed by atoms with Gasteiger partial charge < -0.3 is 19.7 Å². The second kappa shape index (κ2) is 10.5. The summed E-state index contributed by atoms with van der Waals surface area (Å²) in [5.41, 5.74) is 0.705. The van der Waals surface area contributed by atoms with E-state index in [1.54, 1.807) is 17.6 Å². The predicted molar refractivity (Wildman–Crippen MR) is 133 cm³/mol. The molecule has 0 radical (unpaired) electrons. The van der Waals surface area contributed by atoms with Crippen LogP contribution >= 0.6 is 0 Å². The Hall–Kier alpha value is -3.73. The van der Waals surface area contributed by atoms with Crippen LogP contribution in [0.15, 0.2) is 29.2 Å². The van der Waals surface area contributed by atoms with Crippen LogP contribution in [0, 0.1) is 12.7 Å². The van der Waals surface area contributed by atoms with Gasteiger partial charge in [-0.3, -0.25) is 9.36 Å². The lowest BCUT2D eigenvalue weighted by atomic mass is 10.1. The van der Waals surface area contributed by atoms with Crippen LogP contribution < -0.4 is 20.5 Å². The van der Waals surface area contributed by atoms with Gasteiger partial charge in [0.05, 0.1) is 24.6 Å². The fourth-order valence-corrected chi connectivity index (χ4v) is 4.27. The van der Waals surface area contributed by atoms with Crippen molar-refractivity contribution >= 4 is 11.6 Å². The van der Waals surface area contributed by atoms with Crippen molar-refractivity contribution in [1.82, 2.24) is 24.2 Å². The topological polar surface area (TPSA) is 104 Å². The zero-order chi connectivity index (χ0) is 26.0. The predicted octanol–water partition coefficient (Wildman–Crippen LogP) is 2.80. The number of amides is 1. The first-order valence-corrected chi connectivity index (χ1v) is 11.8. The Kier molecular flexibility index (Phi) is 7.39. The first-order chi connectivity index (χ1) is 17.2. The maximum absolute atomic E-state index is 15.4. The molecule has 1 aliphatic heterocycles. The lowest BCUT2D eigenvalue weighted by molar-refractivity contribution is 0.101. The van der Waals surface area contributed by atoms with Gasteiger partial charge in [0.15, 0.2) is 0 Å². The molecule has 1 amide bonds. The van der Waals surface area contributed by atoms with E-state index >= 15 is 4.39 Å². The average Bonchev–Trinajstić information content (AvgIpc) is 3.17. The lowest BCUT2D eigenvalue weighted by Gasteiger charge is -2.21. The number of anilines is 1. The largest absolute Gasteiger partial charge is 0.488 e. The van der Waals surface area contributed by atoms with Crippen molar-refractivity contribution in [2.45, 2.75) is 45.8 Å². The number of methoxy groups -OCH3 is 1. The molecule has 3 heterocycles. The van der Waals surface area contributed by atoms with Gasteiger partial charge >= 0.3 is 5.69 Å². The normalized spacial score (nSPS) is 13.9. The number of ether oxygens (including phenoxy) is 2. The Balaban J connectivity index is 1.74. The maximum atomic E-state index is 15.4. The molecule has 1 aliphatic rings. The zero-order valence-corrected chi connectivity index (χ0v) is 21.2. The third-order valence-corrected chi connectivity index (χ3v) is 5.99. The van der Waals surface area contributed by atoms with Crippen molar-refractivity contribution in [2.75, 3.05) is 33.1 Å². The van der Waals surface area contributed by atoms with Crippen LogP contribution in [0.3, 0.4) is 0 Å². The number of rotatable bonds is 8. The SMILES string of the molecule is COc1cc(C)c(NC(=O)c2cc(F)c(-n3nc4n(c3=O)CCCC4)cc2O[C@@H](C)CN(C)C)cn1. The fraction of sp³-hybridized carbons (Fsp3) is 0.440. The van der Waals surface area contributed by atoms with Crippen LogP contribution in [0.25, 0.3) is 5.69 Å². The number of aromatic nitrogens is 4. The molecule has 2 aromatic heterocycles. The number of benzene rings is 1. The summed E-state index contributed by atoms with van der Waals surface area (Å²) >= 11 is 0. The Morgan fingerprint density at radius 2 is 2.06 bits per heavy atom. The molecule has 0 saturated carbocycles. The van der Waals surface area contributed by atoms with Crippen molar-refractivity contribution in [1.29, 1.82) is 0 Å². The summed E-state index contributed by atoms with van der Waals surface area (Å²) in [5, 5.41) is 7.13. The molecule has 1 N–H and O–H groups in total. The van der Waals surface area contributed by atoms with Crippen molar-refractivity contribution in [2.24, 2.45) is 0 Å². The molecule has 0 bridgehead atoms. The third-order valence-electron chi connectivity index (χ3n) is 5.99. The highest BCUT2D eigenvalue weighted by Gasteiger charge is 2.24. The molecule has 0 unspecified atom stereocenters. The smallest absolute Gasteiger partial charge is 0.350 e. The summed E-state index contributed by atoms with van der Waals surface area (Å²) in [6.45, 7) is 4.76. The molecule has 11 heteroatoms. The number of nitrogens with zero attached hydrogens (tertiary/aromatic N) is 5. The minimum absolute atomic E-state index is 0.00547. The highest BCUT2D eigenvalue weighted by Crippen LogP contribution is 2.28. The standard InChI is InChI=1S/C25H31FN6O4/c1-15-10-23(35-5)27-13-19(15)28-24(33)17-11-18(26)20(12-21(17)36-16(2)14-30(3)4)32-25(34)31-9-7-6-8-22(31)29-32/h10-13,16H,6-9,14H2,1-5H3,(H,28,33)/t16-/m0/s1. The number of carbonyl (C=O) groups is 1. The van der Waals surface area contributed by atoms with Crippen LogP contribution in [0.5, 0.6) is 11.6 Å². The lowest BCUT2D eigenvalue weighted by Crippen LogP contribution is -2.29. The van der Waals surface area contributed by atoms with Gasteiger partial charge in [-0.05, 0) is 52.4 Å². The number of pyridine rings is 1. The summed E-state index contributed by atoms with van der Waals surface area (Å²) in [7, 11) is 5.31. The van der Waals surface area contributed by atoms with Crippen molar-refractivity contribution in [3.05, 3.63) is 57.6 Å². The van der Waals surface area contributed by atoms with Gasteiger partial charge in [0.2, 0.25) is 5.88 Å². The third kappa shape index (κ3) is 5.25. The molecule has 1 aromatic carbocycles. The number of nitrogens with one attached hydrogen (secondary N) is 1. The summed E-state index contributed by atoms with van der Waals surface area (Å²) in [6.07, 6.45) is 3.61. The molecule has 4 rings (SSSR count). The number of aryl methyl sites for hydroxylation is 2. The van der Waals surface area contributed by atoms with E-state index in [-0.39, 0.29) is 23.1 Å². The Labute approximate surface area is 208 Å². The monoisotopic (exact) mass is 498 g/mol. The summed E-state index contributed by atoms with van der Waals surface area (Å²) < 4.78 is 29.2. The highest BCUT2D eigenvalue weighted by molar-refractivity contribution is 6.06. The van der Waals surface area contributed by atoms with Gasteiger partial charge in [0.1, 0.15) is 29.2 Å². The van der Waals surface area contributed by atoms with E-state index in [2.05, 4.69) is 15.4 Å². The van der Waals surface area contributed by atoms with Crippen LogP contribution in [-0.4, -0.2) is 64.0 Å². The molecule has 192 valence electrons. The van der Waals surface area contributed by atoms with Crippen molar-refractivity contribution in [3.8, 4) is 17.3 Å². The summed E-state index contributed by atoms with van der Waals surface area (Å²) in [5.74, 6) is -0.141. The van der Waals surface area contributed by atoms with Gasteiger partial charge in [-0.25, -0.2) is 14.2 Å². The second-order valence-electron chi connectivity index (χ2n) is 9.21. The van der Waals surface area contributed by atoms with Crippen LogP contribution in [-0.2, 0) is 13.0 Å². The van der Waals surface area contributed by atoms with Crippen LogP contribution in [0.2, 0.25) is 0 Å². The van der Waals surface area contributed by atoms with Crippen molar-refractivity contribution in [3.63, 3.8) is 0 Å². The summed E-state index contributed by atoms with van der Waals surface area (Å²) in [4.78, 5) is 32.3. The van der Waals surface area contributed by atoms with E-state index in [4.69, 9.17) is 9.47 Å². The molecule has 0 saturated heterocycles. The van der Waals surface area contributed by atoms with Crippen LogP contribution in [0.4, 0.5) is 10.1 Å². The average molecular weight is 499 g/mol. The number of carbonyl (C=O) groups excluding carboxylic acids is 1. The number of halogens is 1. The second-order valence-corrected chi connectivity index (χ2v) is 9.21. The Morgan fingerprint density at radius 1 is 1.28 bits per heavy atom. The minimum atomic E-state index is -0.755. The molecular weight excluding hydrogens is 467 g/mol. The van der Waals surface area contributed by atoms with Gasteiger partial charge in [-0.15, -0.1) is 5.10 Å². The van der Waals surface area contributed by atoms with Gasteiger partial charge in [-0.2, -0.15) is 4.68 Å². The molecule has 10 nitrogen and oxygen atoms in total. The number of hydrogen-bond acceptors (Lipinski definition) is 7.